The summed E-state index contributed by atoms with van der Waals surface area (Å²) in [5.41, 5.74) is 0.948. The Morgan fingerprint density at radius 3 is 2.83 bits per heavy atom. The molecule has 0 spiro atoms. The van der Waals surface area contributed by atoms with Crippen LogP contribution in [0.5, 0.6) is 0 Å². The van der Waals surface area contributed by atoms with Gasteiger partial charge in [-0.2, -0.15) is 0 Å². The van der Waals surface area contributed by atoms with E-state index in [0.29, 0.717) is 30.7 Å². The first-order valence-corrected chi connectivity index (χ1v) is 8.28. The molecule has 1 aromatic heterocycles. The number of rotatable bonds is 5. The molecule has 1 saturated carbocycles. The van der Waals surface area contributed by atoms with Gasteiger partial charge in [0.15, 0.2) is 5.76 Å². The number of amides is 2. The SMILES string of the molecule is O=C(NCc1ncc(-c2ccccc2)o1)[C@H]1CC(=O)N(C2CC2)C1. The minimum Gasteiger partial charge on any atom is -0.439 e. The summed E-state index contributed by atoms with van der Waals surface area (Å²) in [5.74, 6) is 0.870. The Morgan fingerprint density at radius 2 is 2.08 bits per heavy atom. The van der Waals surface area contributed by atoms with E-state index < -0.39 is 0 Å². The Hall–Kier alpha value is -2.63. The number of benzene rings is 1. The molecule has 2 amide bonds. The number of likely N-dealkylation sites (tertiary alicyclic amines) is 1. The van der Waals surface area contributed by atoms with Crippen LogP contribution in [0.3, 0.4) is 0 Å². The highest BCUT2D eigenvalue weighted by atomic mass is 16.4. The van der Waals surface area contributed by atoms with Gasteiger partial charge in [0.2, 0.25) is 17.7 Å². The molecule has 0 unspecified atom stereocenters. The lowest BCUT2D eigenvalue weighted by molar-refractivity contribution is -0.129. The van der Waals surface area contributed by atoms with Crippen molar-refractivity contribution in [1.82, 2.24) is 15.2 Å². The fraction of sp³-hybridized carbons (Fsp3) is 0.389. The number of carbonyl (C=O) groups excluding carboxylic acids is 2. The average Bonchev–Trinajstić information content (AvgIpc) is 3.20. The predicted molar refractivity (Wildman–Crippen MR) is 86.6 cm³/mol. The first kappa shape index (κ1) is 14.9. The molecule has 1 aliphatic heterocycles. The summed E-state index contributed by atoms with van der Waals surface area (Å²) < 4.78 is 5.67. The normalized spacial score (nSPS) is 20.4. The van der Waals surface area contributed by atoms with Gasteiger partial charge in [-0.15, -0.1) is 0 Å². The van der Waals surface area contributed by atoms with E-state index >= 15 is 0 Å². The van der Waals surface area contributed by atoms with Crippen LogP contribution in [0.15, 0.2) is 40.9 Å². The smallest absolute Gasteiger partial charge is 0.225 e. The van der Waals surface area contributed by atoms with E-state index in [4.69, 9.17) is 4.42 Å². The largest absolute Gasteiger partial charge is 0.439 e. The summed E-state index contributed by atoms with van der Waals surface area (Å²) in [6, 6.07) is 10.1. The Balaban J connectivity index is 1.33. The van der Waals surface area contributed by atoms with Gasteiger partial charge in [-0.3, -0.25) is 9.59 Å². The minimum atomic E-state index is -0.262. The van der Waals surface area contributed by atoms with Crippen molar-refractivity contribution >= 4 is 11.8 Å². The molecule has 24 heavy (non-hydrogen) atoms. The van der Waals surface area contributed by atoms with Gasteiger partial charge in [0, 0.05) is 24.6 Å². The zero-order valence-corrected chi connectivity index (χ0v) is 13.3. The third-order valence-electron chi connectivity index (χ3n) is 4.54. The zero-order chi connectivity index (χ0) is 16.5. The number of oxazole rings is 1. The van der Waals surface area contributed by atoms with Crippen LogP contribution < -0.4 is 5.32 Å². The molecule has 2 heterocycles. The molecule has 124 valence electrons. The molecule has 6 heteroatoms. The van der Waals surface area contributed by atoms with Crippen LogP contribution in [0.4, 0.5) is 0 Å². The molecule has 1 atom stereocenters. The first-order chi connectivity index (χ1) is 11.7. The highest BCUT2D eigenvalue weighted by Gasteiger charge is 2.41. The number of nitrogens with zero attached hydrogens (tertiary/aromatic N) is 2. The number of nitrogens with one attached hydrogen (secondary N) is 1. The highest BCUT2D eigenvalue weighted by Crippen LogP contribution is 2.32. The Labute approximate surface area is 139 Å². The van der Waals surface area contributed by atoms with Crippen molar-refractivity contribution in [2.75, 3.05) is 6.54 Å². The molecule has 0 radical (unpaired) electrons. The van der Waals surface area contributed by atoms with E-state index in [1.807, 2.05) is 35.2 Å². The summed E-state index contributed by atoms with van der Waals surface area (Å²) in [7, 11) is 0. The van der Waals surface area contributed by atoms with Crippen molar-refractivity contribution in [2.45, 2.75) is 31.8 Å². The standard InChI is InChI=1S/C18H19N3O3/c22-17-8-13(11-21(17)14-6-7-14)18(23)20-10-16-19-9-15(24-16)12-4-2-1-3-5-12/h1-5,9,13-14H,6-8,10-11H2,(H,20,23)/t13-/m0/s1. The monoisotopic (exact) mass is 325 g/mol. The summed E-state index contributed by atoms with van der Waals surface area (Å²) in [5, 5.41) is 2.83. The molecule has 4 rings (SSSR count). The van der Waals surface area contributed by atoms with Gasteiger partial charge in [-0.1, -0.05) is 30.3 Å². The van der Waals surface area contributed by atoms with Crippen LogP contribution >= 0.6 is 0 Å². The van der Waals surface area contributed by atoms with Crippen molar-refractivity contribution in [1.29, 1.82) is 0 Å². The molecule has 2 fully saturated rings. The summed E-state index contributed by atoms with van der Waals surface area (Å²) >= 11 is 0. The lowest BCUT2D eigenvalue weighted by atomic mass is 10.1. The predicted octanol–water partition coefficient (Wildman–Crippen LogP) is 1.97. The second-order valence-corrected chi connectivity index (χ2v) is 6.38. The van der Waals surface area contributed by atoms with Gasteiger partial charge in [-0.25, -0.2) is 4.98 Å². The Kier molecular flexibility index (Phi) is 3.80. The van der Waals surface area contributed by atoms with Gasteiger partial charge >= 0.3 is 0 Å². The molecular weight excluding hydrogens is 306 g/mol. The average molecular weight is 325 g/mol. The van der Waals surface area contributed by atoms with Crippen LogP contribution in [0.2, 0.25) is 0 Å². The molecule has 1 N–H and O–H groups in total. The van der Waals surface area contributed by atoms with Crippen LogP contribution in [0.1, 0.15) is 25.2 Å². The van der Waals surface area contributed by atoms with E-state index in [-0.39, 0.29) is 24.3 Å². The van der Waals surface area contributed by atoms with Gasteiger partial charge in [0.05, 0.1) is 18.7 Å². The summed E-state index contributed by atoms with van der Waals surface area (Å²) in [6.07, 6.45) is 4.10. The van der Waals surface area contributed by atoms with Crippen LogP contribution in [0.25, 0.3) is 11.3 Å². The first-order valence-electron chi connectivity index (χ1n) is 8.28. The van der Waals surface area contributed by atoms with Crippen molar-refractivity contribution in [3.05, 3.63) is 42.4 Å². The van der Waals surface area contributed by atoms with Crippen molar-refractivity contribution in [3.8, 4) is 11.3 Å². The van der Waals surface area contributed by atoms with E-state index in [1.165, 1.54) is 0 Å². The van der Waals surface area contributed by atoms with E-state index in [9.17, 15) is 9.59 Å². The van der Waals surface area contributed by atoms with Gasteiger partial charge in [-0.05, 0) is 12.8 Å². The zero-order valence-electron chi connectivity index (χ0n) is 13.3. The lowest BCUT2D eigenvalue weighted by Crippen LogP contribution is -2.33. The molecule has 1 aliphatic carbocycles. The lowest BCUT2D eigenvalue weighted by Gasteiger charge is -2.15. The van der Waals surface area contributed by atoms with Crippen molar-refractivity contribution in [2.24, 2.45) is 5.92 Å². The van der Waals surface area contributed by atoms with E-state index in [2.05, 4.69) is 10.3 Å². The van der Waals surface area contributed by atoms with E-state index in [1.54, 1.807) is 6.20 Å². The van der Waals surface area contributed by atoms with Crippen LogP contribution in [-0.2, 0) is 16.1 Å². The van der Waals surface area contributed by atoms with Gasteiger partial charge in [0.25, 0.3) is 0 Å². The number of carbonyl (C=O) groups is 2. The van der Waals surface area contributed by atoms with Gasteiger partial charge in [0.1, 0.15) is 0 Å². The fourth-order valence-electron chi connectivity index (χ4n) is 3.08. The topological polar surface area (TPSA) is 75.4 Å². The second-order valence-electron chi connectivity index (χ2n) is 6.38. The maximum atomic E-state index is 12.3. The van der Waals surface area contributed by atoms with Crippen molar-refractivity contribution in [3.63, 3.8) is 0 Å². The third-order valence-corrected chi connectivity index (χ3v) is 4.54. The molecule has 0 bridgehead atoms. The van der Waals surface area contributed by atoms with Crippen LogP contribution in [0, 0.1) is 5.92 Å². The van der Waals surface area contributed by atoms with E-state index in [0.717, 1.165) is 18.4 Å². The maximum Gasteiger partial charge on any atom is 0.225 e. The molecule has 1 saturated heterocycles. The number of aromatic nitrogens is 1. The molecule has 6 nitrogen and oxygen atoms in total. The van der Waals surface area contributed by atoms with Crippen molar-refractivity contribution < 1.29 is 14.0 Å². The number of hydrogen-bond donors (Lipinski definition) is 1. The fourth-order valence-corrected chi connectivity index (χ4v) is 3.08. The molecule has 1 aromatic carbocycles. The summed E-state index contributed by atoms with van der Waals surface area (Å²) in [4.78, 5) is 30.2. The molecule has 2 aromatic rings. The number of hydrogen-bond acceptors (Lipinski definition) is 4. The highest BCUT2D eigenvalue weighted by molar-refractivity contribution is 5.89. The Morgan fingerprint density at radius 1 is 1.29 bits per heavy atom. The third kappa shape index (κ3) is 3.04. The second kappa shape index (κ2) is 6.11. The van der Waals surface area contributed by atoms with Gasteiger partial charge < -0.3 is 14.6 Å². The quantitative estimate of drug-likeness (QED) is 0.912. The minimum absolute atomic E-state index is 0.0973. The van der Waals surface area contributed by atoms with Crippen LogP contribution in [-0.4, -0.2) is 34.3 Å². The summed E-state index contributed by atoms with van der Waals surface area (Å²) in [6.45, 7) is 0.774. The molecular formula is C18H19N3O3. The molecule has 2 aliphatic rings. The maximum absolute atomic E-state index is 12.3. The Bertz CT molecular complexity index is 752.